The van der Waals surface area contributed by atoms with E-state index in [1.165, 1.54) is 34.8 Å². The van der Waals surface area contributed by atoms with Gasteiger partial charge in [0, 0.05) is 15.3 Å². The lowest BCUT2D eigenvalue weighted by Gasteiger charge is -2.13. The van der Waals surface area contributed by atoms with Crippen molar-refractivity contribution < 1.29 is 18.7 Å². The molecule has 7 heteroatoms. The molecule has 2 aromatic heterocycles. The number of rotatable bonds is 6. The van der Waals surface area contributed by atoms with Gasteiger partial charge in [-0.15, -0.1) is 22.7 Å². The number of hydrogen-bond donors (Lipinski definition) is 1. The molecule has 0 unspecified atom stereocenters. The van der Waals surface area contributed by atoms with Crippen LogP contribution in [0.3, 0.4) is 0 Å². The van der Waals surface area contributed by atoms with Crippen molar-refractivity contribution in [1.29, 1.82) is 0 Å². The first kappa shape index (κ1) is 21.5. The summed E-state index contributed by atoms with van der Waals surface area (Å²) in [6, 6.07) is 9.65. The van der Waals surface area contributed by atoms with Crippen LogP contribution in [0.1, 0.15) is 51.0 Å². The highest BCUT2D eigenvalue weighted by molar-refractivity contribution is 7.17. The SMILES string of the molecule is CCOC(=O)c1c(NC(=O)C(=Cc2cccs2)c2ccc(F)cc2)sc2c1CCCC2. The Bertz CT molecular complexity index is 1110. The molecular weight excluding hydrogens is 433 g/mol. The summed E-state index contributed by atoms with van der Waals surface area (Å²) >= 11 is 2.96. The molecule has 3 aromatic rings. The van der Waals surface area contributed by atoms with Crippen LogP contribution in [0, 0.1) is 5.82 Å². The molecule has 0 saturated carbocycles. The van der Waals surface area contributed by atoms with E-state index in [9.17, 15) is 14.0 Å². The zero-order chi connectivity index (χ0) is 21.8. The second-order valence-corrected chi connectivity index (χ2v) is 9.25. The first-order chi connectivity index (χ1) is 15.1. The van der Waals surface area contributed by atoms with E-state index in [4.69, 9.17) is 4.74 Å². The van der Waals surface area contributed by atoms with Crippen molar-refractivity contribution in [1.82, 2.24) is 0 Å². The van der Waals surface area contributed by atoms with Crippen molar-refractivity contribution in [3.05, 3.63) is 74.0 Å². The minimum Gasteiger partial charge on any atom is -0.462 e. The molecule has 1 N–H and O–H groups in total. The third kappa shape index (κ3) is 4.78. The number of benzene rings is 1. The van der Waals surface area contributed by atoms with Crippen LogP contribution in [0.15, 0.2) is 41.8 Å². The van der Waals surface area contributed by atoms with Crippen molar-refractivity contribution >= 4 is 51.2 Å². The number of thiophene rings is 2. The Morgan fingerprint density at radius 1 is 1.16 bits per heavy atom. The van der Waals surface area contributed by atoms with Gasteiger partial charge in [0.2, 0.25) is 0 Å². The van der Waals surface area contributed by atoms with Gasteiger partial charge in [-0.05, 0) is 73.4 Å². The van der Waals surface area contributed by atoms with E-state index in [0.717, 1.165) is 41.0 Å². The van der Waals surface area contributed by atoms with Crippen molar-refractivity contribution in [3.63, 3.8) is 0 Å². The van der Waals surface area contributed by atoms with Gasteiger partial charge in [0.15, 0.2) is 0 Å². The average molecular weight is 456 g/mol. The summed E-state index contributed by atoms with van der Waals surface area (Å²) in [4.78, 5) is 28.1. The number of halogens is 1. The fraction of sp³-hybridized carbons (Fsp3) is 0.250. The summed E-state index contributed by atoms with van der Waals surface area (Å²) in [7, 11) is 0. The van der Waals surface area contributed by atoms with Crippen LogP contribution >= 0.6 is 22.7 Å². The van der Waals surface area contributed by atoms with Crippen LogP contribution in [0.25, 0.3) is 11.6 Å². The predicted molar refractivity (Wildman–Crippen MR) is 124 cm³/mol. The molecule has 2 heterocycles. The van der Waals surface area contributed by atoms with E-state index < -0.39 is 5.97 Å². The maximum atomic E-state index is 13.5. The van der Waals surface area contributed by atoms with Gasteiger partial charge in [0.1, 0.15) is 10.8 Å². The Morgan fingerprint density at radius 2 is 1.94 bits per heavy atom. The molecule has 160 valence electrons. The molecule has 4 rings (SSSR count). The normalized spacial score (nSPS) is 13.5. The highest BCUT2D eigenvalue weighted by Gasteiger charge is 2.28. The average Bonchev–Trinajstić information content (AvgIpc) is 3.40. The summed E-state index contributed by atoms with van der Waals surface area (Å²) in [6.07, 6.45) is 5.58. The second kappa shape index (κ2) is 9.58. The van der Waals surface area contributed by atoms with Gasteiger partial charge in [0.05, 0.1) is 12.2 Å². The molecule has 1 aliphatic carbocycles. The number of hydrogen-bond acceptors (Lipinski definition) is 5. The Labute approximate surface area is 188 Å². The van der Waals surface area contributed by atoms with Crippen LogP contribution in [0.5, 0.6) is 0 Å². The molecule has 0 radical (unpaired) electrons. The third-order valence-corrected chi connectivity index (χ3v) is 7.13. The fourth-order valence-corrected chi connectivity index (χ4v) is 5.60. The lowest BCUT2D eigenvalue weighted by atomic mass is 9.95. The smallest absolute Gasteiger partial charge is 0.341 e. The quantitative estimate of drug-likeness (QED) is 0.356. The van der Waals surface area contributed by atoms with Crippen LogP contribution in [-0.4, -0.2) is 18.5 Å². The summed E-state index contributed by atoms with van der Waals surface area (Å²) in [5.74, 6) is -1.11. The van der Waals surface area contributed by atoms with Gasteiger partial charge in [-0.1, -0.05) is 18.2 Å². The maximum absolute atomic E-state index is 13.5. The first-order valence-electron chi connectivity index (χ1n) is 10.2. The summed E-state index contributed by atoms with van der Waals surface area (Å²) in [5, 5.41) is 5.41. The summed E-state index contributed by atoms with van der Waals surface area (Å²) < 4.78 is 18.7. The fourth-order valence-electron chi connectivity index (χ4n) is 3.67. The van der Waals surface area contributed by atoms with Gasteiger partial charge in [-0.2, -0.15) is 0 Å². The molecular formula is C24H22FNO3S2. The molecule has 0 aliphatic heterocycles. The van der Waals surface area contributed by atoms with Gasteiger partial charge >= 0.3 is 5.97 Å². The number of anilines is 1. The lowest BCUT2D eigenvalue weighted by Crippen LogP contribution is -2.16. The minimum atomic E-state index is -0.400. The predicted octanol–water partition coefficient (Wildman–Crippen LogP) is 6.18. The highest BCUT2D eigenvalue weighted by atomic mass is 32.1. The van der Waals surface area contributed by atoms with E-state index in [1.54, 1.807) is 25.1 Å². The standard InChI is InChI=1S/C24H22FNO3S2/c1-2-29-24(28)21-18-7-3-4-8-20(18)31-23(21)26-22(27)19(14-17-6-5-13-30-17)15-9-11-16(25)12-10-15/h5-6,9-14H,2-4,7-8H2,1H3,(H,26,27). The highest BCUT2D eigenvalue weighted by Crippen LogP contribution is 2.39. The number of carbonyl (C=O) groups is 2. The number of fused-ring (bicyclic) bond motifs is 1. The first-order valence-corrected chi connectivity index (χ1v) is 11.9. The number of esters is 1. The van der Waals surface area contributed by atoms with Crippen LogP contribution < -0.4 is 5.32 Å². The van der Waals surface area contributed by atoms with E-state index in [1.807, 2.05) is 17.5 Å². The number of nitrogens with one attached hydrogen (secondary N) is 1. The Morgan fingerprint density at radius 3 is 2.65 bits per heavy atom. The lowest BCUT2D eigenvalue weighted by molar-refractivity contribution is -0.111. The van der Waals surface area contributed by atoms with Gasteiger partial charge in [-0.25, -0.2) is 9.18 Å². The number of aryl methyl sites for hydroxylation is 1. The molecule has 1 aromatic carbocycles. The van der Waals surface area contributed by atoms with Crippen molar-refractivity contribution in [2.24, 2.45) is 0 Å². The van der Waals surface area contributed by atoms with Gasteiger partial charge < -0.3 is 10.1 Å². The van der Waals surface area contributed by atoms with Crippen molar-refractivity contribution in [3.8, 4) is 0 Å². The van der Waals surface area contributed by atoms with E-state index in [-0.39, 0.29) is 18.3 Å². The third-order valence-electron chi connectivity index (χ3n) is 5.11. The topological polar surface area (TPSA) is 55.4 Å². The largest absolute Gasteiger partial charge is 0.462 e. The summed E-state index contributed by atoms with van der Waals surface area (Å²) in [6.45, 7) is 2.04. The minimum absolute atomic E-state index is 0.274. The molecule has 31 heavy (non-hydrogen) atoms. The molecule has 0 fully saturated rings. The van der Waals surface area contributed by atoms with Gasteiger partial charge in [-0.3, -0.25) is 4.79 Å². The van der Waals surface area contributed by atoms with Crippen molar-refractivity contribution in [2.45, 2.75) is 32.6 Å². The maximum Gasteiger partial charge on any atom is 0.341 e. The van der Waals surface area contributed by atoms with Crippen molar-refractivity contribution in [2.75, 3.05) is 11.9 Å². The Hall–Kier alpha value is -2.77. The van der Waals surface area contributed by atoms with E-state index >= 15 is 0 Å². The van der Waals surface area contributed by atoms with Crippen LogP contribution in [0.2, 0.25) is 0 Å². The summed E-state index contributed by atoms with van der Waals surface area (Å²) in [5.41, 5.74) is 2.48. The van der Waals surface area contributed by atoms with E-state index in [0.29, 0.717) is 21.7 Å². The Balaban J connectivity index is 1.71. The number of amides is 1. The molecule has 0 atom stereocenters. The van der Waals surface area contributed by atoms with Crippen LogP contribution in [0.4, 0.5) is 9.39 Å². The second-order valence-electron chi connectivity index (χ2n) is 7.17. The molecule has 0 bridgehead atoms. The molecule has 0 saturated heterocycles. The molecule has 4 nitrogen and oxygen atoms in total. The monoisotopic (exact) mass is 455 g/mol. The zero-order valence-electron chi connectivity index (χ0n) is 17.1. The zero-order valence-corrected chi connectivity index (χ0v) is 18.7. The molecule has 1 aliphatic rings. The Kier molecular flexibility index (Phi) is 6.63. The van der Waals surface area contributed by atoms with Crippen LogP contribution in [-0.2, 0) is 22.4 Å². The molecule has 1 amide bonds. The number of carbonyl (C=O) groups excluding carboxylic acids is 2. The van der Waals surface area contributed by atoms with Gasteiger partial charge in [0.25, 0.3) is 5.91 Å². The number of ether oxygens (including phenoxy) is 1. The van der Waals surface area contributed by atoms with E-state index in [2.05, 4.69) is 5.32 Å². The molecule has 0 spiro atoms.